The zero-order valence-electron chi connectivity index (χ0n) is 12.3. The van der Waals surface area contributed by atoms with Gasteiger partial charge in [0.2, 0.25) is 0 Å². The Hall–Kier alpha value is -1.62. The average molecular weight is 277 g/mol. The maximum Gasteiger partial charge on any atom is 0.272 e. The van der Waals surface area contributed by atoms with E-state index in [1.165, 1.54) is 0 Å². The van der Waals surface area contributed by atoms with Crippen LogP contribution in [0.15, 0.2) is 18.3 Å². The smallest absolute Gasteiger partial charge is 0.272 e. The number of pyridine rings is 1. The van der Waals surface area contributed by atoms with Gasteiger partial charge in [-0.2, -0.15) is 0 Å². The van der Waals surface area contributed by atoms with Gasteiger partial charge in [0.25, 0.3) is 5.91 Å². The second kappa shape index (κ2) is 7.24. The minimum atomic E-state index is 0.0191. The number of hydrogen-bond acceptors (Lipinski definition) is 4. The van der Waals surface area contributed by atoms with Crippen LogP contribution in [0.4, 0.5) is 5.69 Å². The van der Waals surface area contributed by atoms with E-state index in [2.05, 4.69) is 17.2 Å². The second-order valence-electron chi connectivity index (χ2n) is 5.22. The molecule has 1 aromatic heterocycles. The summed E-state index contributed by atoms with van der Waals surface area (Å²) in [5.74, 6) is 0.472. The van der Waals surface area contributed by atoms with Gasteiger partial charge in [0.1, 0.15) is 5.69 Å². The number of aromatic nitrogens is 1. The Morgan fingerprint density at radius 2 is 2.40 bits per heavy atom. The lowest BCUT2D eigenvalue weighted by Crippen LogP contribution is -2.29. The highest BCUT2D eigenvalue weighted by Gasteiger charge is 2.27. The highest BCUT2D eigenvalue weighted by Crippen LogP contribution is 2.18. The average Bonchev–Trinajstić information content (AvgIpc) is 2.94. The summed E-state index contributed by atoms with van der Waals surface area (Å²) in [4.78, 5) is 18.5. The molecule has 0 saturated carbocycles. The number of anilines is 1. The number of methoxy groups -OCH3 is 1. The topological polar surface area (TPSA) is 54.5 Å². The van der Waals surface area contributed by atoms with Crippen LogP contribution in [-0.4, -0.2) is 49.1 Å². The molecule has 1 amide bonds. The number of rotatable bonds is 6. The monoisotopic (exact) mass is 277 g/mol. The van der Waals surface area contributed by atoms with Crippen molar-refractivity contribution < 1.29 is 9.53 Å². The molecule has 0 aromatic carbocycles. The van der Waals surface area contributed by atoms with Crippen LogP contribution < -0.4 is 5.32 Å². The summed E-state index contributed by atoms with van der Waals surface area (Å²) in [5.41, 5.74) is 1.48. The van der Waals surface area contributed by atoms with Gasteiger partial charge in [-0.05, 0) is 25.0 Å². The fourth-order valence-electron chi connectivity index (χ4n) is 2.45. The Labute approximate surface area is 120 Å². The van der Waals surface area contributed by atoms with E-state index in [9.17, 15) is 4.79 Å². The van der Waals surface area contributed by atoms with Gasteiger partial charge >= 0.3 is 0 Å². The van der Waals surface area contributed by atoms with Crippen molar-refractivity contribution in [2.75, 3.05) is 38.7 Å². The zero-order chi connectivity index (χ0) is 14.4. The van der Waals surface area contributed by atoms with Crippen LogP contribution in [0.1, 0.15) is 30.3 Å². The van der Waals surface area contributed by atoms with E-state index in [0.29, 0.717) is 11.6 Å². The quantitative estimate of drug-likeness (QED) is 0.864. The molecule has 1 aromatic rings. The highest BCUT2D eigenvalue weighted by molar-refractivity contribution is 5.92. The van der Waals surface area contributed by atoms with Gasteiger partial charge in [-0.25, -0.2) is 4.98 Å². The zero-order valence-corrected chi connectivity index (χ0v) is 12.3. The van der Waals surface area contributed by atoms with E-state index in [-0.39, 0.29) is 5.91 Å². The van der Waals surface area contributed by atoms with E-state index < -0.39 is 0 Å². The van der Waals surface area contributed by atoms with Gasteiger partial charge in [0, 0.05) is 32.7 Å². The van der Waals surface area contributed by atoms with Crippen LogP contribution in [0.5, 0.6) is 0 Å². The molecule has 5 nitrogen and oxygen atoms in total. The minimum absolute atomic E-state index is 0.0191. The molecule has 1 atom stereocenters. The number of nitrogens with one attached hydrogen (secondary N) is 1. The Morgan fingerprint density at radius 3 is 3.05 bits per heavy atom. The van der Waals surface area contributed by atoms with Crippen molar-refractivity contribution in [2.24, 2.45) is 5.92 Å². The fourth-order valence-corrected chi connectivity index (χ4v) is 2.45. The van der Waals surface area contributed by atoms with Crippen LogP contribution in [0.3, 0.4) is 0 Å². The molecule has 1 saturated heterocycles. The molecule has 0 spiro atoms. The third-order valence-corrected chi connectivity index (χ3v) is 3.54. The van der Waals surface area contributed by atoms with Crippen LogP contribution in [0, 0.1) is 5.92 Å². The van der Waals surface area contributed by atoms with E-state index in [4.69, 9.17) is 4.74 Å². The summed E-state index contributed by atoms with van der Waals surface area (Å²) in [6, 6.07) is 3.71. The van der Waals surface area contributed by atoms with E-state index >= 15 is 0 Å². The number of carbonyl (C=O) groups is 1. The van der Waals surface area contributed by atoms with E-state index in [1.807, 2.05) is 11.0 Å². The largest absolute Gasteiger partial charge is 0.384 e. The van der Waals surface area contributed by atoms with Crippen molar-refractivity contribution in [3.63, 3.8) is 0 Å². The van der Waals surface area contributed by atoms with Gasteiger partial charge in [0.15, 0.2) is 0 Å². The SMILES string of the molecule is CCCNc1ccc(C(=O)N2CCC(COC)C2)nc1. The molecule has 0 aliphatic carbocycles. The number of nitrogens with zero attached hydrogens (tertiary/aromatic N) is 2. The van der Waals surface area contributed by atoms with Gasteiger partial charge in [-0.1, -0.05) is 6.92 Å². The number of likely N-dealkylation sites (tertiary alicyclic amines) is 1. The van der Waals surface area contributed by atoms with Crippen molar-refractivity contribution in [3.05, 3.63) is 24.0 Å². The molecular weight excluding hydrogens is 254 g/mol. The Morgan fingerprint density at radius 1 is 1.55 bits per heavy atom. The first-order valence-electron chi connectivity index (χ1n) is 7.22. The molecule has 20 heavy (non-hydrogen) atoms. The molecule has 1 fully saturated rings. The number of amides is 1. The van der Waals surface area contributed by atoms with E-state index in [0.717, 1.165) is 44.8 Å². The van der Waals surface area contributed by atoms with Gasteiger partial charge in [-0.15, -0.1) is 0 Å². The summed E-state index contributed by atoms with van der Waals surface area (Å²) >= 11 is 0. The fraction of sp³-hybridized carbons (Fsp3) is 0.600. The molecule has 5 heteroatoms. The van der Waals surface area contributed by atoms with Crippen LogP contribution in [-0.2, 0) is 4.74 Å². The van der Waals surface area contributed by atoms with E-state index in [1.54, 1.807) is 19.4 Å². The van der Waals surface area contributed by atoms with Gasteiger partial charge < -0.3 is 15.0 Å². The summed E-state index contributed by atoms with van der Waals surface area (Å²) in [6.45, 7) is 5.31. The molecule has 1 aliphatic heterocycles. The summed E-state index contributed by atoms with van der Waals surface area (Å²) < 4.78 is 5.15. The maximum atomic E-state index is 12.3. The Bertz CT molecular complexity index is 433. The first-order chi connectivity index (χ1) is 9.74. The van der Waals surface area contributed by atoms with Crippen molar-refractivity contribution in [1.82, 2.24) is 9.88 Å². The van der Waals surface area contributed by atoms with Crippen molar-refractivity contribution in [3.8, 4) is 0 Å². The first-order valence-corrected chi connectivity index (χ1v) is 7.22. The molecule has 1 unspecified atom stereocenters. The van der Waals surface area contributed by atoms with Crippen LogP contribution >= 0.6 is 0 Å². The molecule has 0 bridgehead atoms. The predicted molar refractivity (Wildman–Crippen MR) is 78.9 cm³/mol. The third-order valence-electron chi connectivity index (χ3n) is 3.54. The third kappa shape index (κ3) is 3.70. The molecule has 0 radical (unpaired) electrons. The Kier molecular flexibility index (Phi) is 5.35. The predicted octanol–water partition coefficient (Wildman–Crippen LogP) is 2.01. The van der Waals surface area contributed by atoms with Gasteiger partial charge in [0.05, 0.1) is 18.5 Å². The molecule has 2 rings (SSSR count). The molecule has 110 valence electrons. The van der Waals surface area contributed by atoms with Crippen molar-refractivity contribution >= 4 is 11.6 Å². The highest BCUT2D eigenvalue weighted by atomic mass is 16.5. The summed E-state index contributed by atoms with van der Waals surface area (Å²) in [6.07, 6.45) is 3.80. The first kappa shape index (κ1) is 14.8. The van der Waals surface area contributed by atoms with Crippen LogP contribution in [0.2, 0.25) is 0 Å². The van der Waals surface area contributed by atoms with Crippen LogP contribution in [0.25, 0.3) is 0 Å². The van der Waals surface area contributed by atoms with Crippen molar-refractivity contribution in [1.29, 1.82) is 0 Å². The normalized spacial score (nSPS) is 18.3. The minimum Gasteiger partial charge on any atom is -0.384 e. The summed E-state index contributed by atoms with van der Waals surface area (Å²) in [7, 11) is 1.70. The number of hydrogen-bond donors (Lipinski definition) is 1. The molecule has 2 heterocycles. The second-order valence-corrected chi connectivity index (χ2v) is 5.22. The molecular formula is C15H23N3O2. The Balaban J connectivity index is 1.92. The molecule has 1 aliphatic rings. The maximum absolute atomic E-state index is 12.3. The van der Waals surface area contributed by atoms with Crippen molar-refractivity contribution in [2.45, 2.75) is 19.8 Å². The van der Waals surface area contributed by atoms with Gasteiger partial charge in [-0.3, -0.25) is 4.79 Å². The lowest BCUT2D eigenvalue weighted by molar-refractivity contribution is 0.0770. The molecule has 1 N–H and O–H groups in total. The summed E-state index contributed by atoms with van der Waals surface area (Å²) in [5, 5.41) is 3.25. The lowest BCUT2D eigenvalue weighted by atomic mass is 10.1. The lowest BCUT2D eigenvalue weighted by Gasteiger charge is -2.16. The number of carbonyl (C=O) groups excluding carboxylic acids is 1. The number of ether oxygens (including phenoxy) is 1. The standard InChI is InChI=1S/C15H23N3O2/c1-3-7-16-13-4-5-14(17-9-13)15(19)18-8-6-12(10-18)11-20-2/h4-5,9,12,16H,3,6-8,10-11H2,1-2H3.